The number of aryl methyl sites for hydroxylation is 1. The molecule has 1 fully saturated rings. The smallest absolute Gasteiger partial charge is 0.0587 e. The van der Waals surface area contributed by atoms with Gasteiger partial charge in [-0.15, -0.1) is 0 Å². The standard InChI is InChI=1S/C17H29N3O/c1-4-19-8-10-20(11-9-19)17-6-5-16(13-15(17)2)14-18-7-12-21-3/h5-6,13,18H,4,7-12,14H2,1-3H3. The van der Waals surface area contributed by atoms with Crippen molar-refractivity contribution < 1.29 is 4.74 Å². The minimum Gasteiger partial charge on any atom is -0.383 e. The van der Waals surface area contributed by atoms with Crippen molar-refractivity contribution in [2.75, 3.05) is 57.9 Å². The van der Waals surface area contributed by atoms with Crippen LogP contribution in [0.5, 0.6) is 0 Å². The number of ether oxygens (including phenoxy) is 1. The van der Waals surface area contributed by atoms with E-state index in [1.54, 1.807) is 7.11 Å². The maximum atomic E-state index is 5.05. The number of anilines is 1. The molecule has 0 atom stereocenters. The van der Waals surface area contributed by atoms with Gasteiger partial charge in [0.1, 0.15) is 0 Å². The third-order valence-electron chi connectivity index (χ3n) is 4.23. The number of hydrogen-bond acceptors (Lipinski definition) is 4. The molecule has 1 N–H and O–H groups in total. The molecule has 0 spiro atoms. The summed E-state index contributed by atoms with van der Waals surface area (Å²) in [4.78, 5) is 5.03. The van der Waals surface area contributed by atoms with Gasteiger partial charge in [-0.3, -0.25) is 0 Å². The van der Waals surface area contributed by atoms with Crippen LogP contribution in [-0.2, 0) is 11.3 Å². The Morgan fingerprint density at radius 2 is 1.95 bits per heavy atom. The van der Waals surface area contributed by atoms with Crippen molar-refractivity contribution in [3.63, 3.8) is 0 Å². The molecule has 0 unspecified atom stereocenters. The van der Waals surface area contributed by atoms with Crippen LogP contribution >= 0.6 is 0 Å². The van der Waals surface area contributed by atoms with E-state index in [1.165, 1.54) is 36.4 Å². The molecule has 1 heterocycles. The maximum Gasteiger partial charge on any atom is 0.0587 e. The maximum absolute atomic E-state index is 5.05. The Morgan fingerprint density at radius 3 is 2.57 bits per heavy atom. The number of rotatable bonds is 7. The second-order valence-corrected chi connectivity index (χ2v) is 5.71. The fourth-order valence-electron chi connectivity index (χ4n) is 2.89. The Kier molecular flexibility index (Phi) is 6.49. The van der Waals surface area contributed by atoms with Crippen LogP contribution in [0, 0.1) is 6.92 Å². The second-order valence-electron chi connectivity index (χ2n) is 5.71. The second kappa shape index (κ2) is 8.37. The lowest BCUT2D eigenvalue weighted by molar-refractivity contribution is 0.199. The summed E-state index contributed by atoms with van der Waals surface area (Å²) in [6, 6.07) is 6.83. The van der Waals surface area contributed by atoms with Gasteiger partial charge < -0.3 is 19.9 Å². The zero-order chi connectivity index (χ0) is 15.1. The molecular formula is C17H29N3O. The third kappa shape index (κ3) is 4.70. The third-order valence-corrected chi connectivity index (χ3v) is 4.23. The molecule has 1 aromatic rings. The summed E-state index contributed by atoms with van der Waals surface area (Å²) in [5.74, 6) is 0. The Hall–Kier alpha value is -1.10. The zero-order valence-corrected chi connectivity index (χ0v) is 13.7. The van der Waals surface area contributed by atoms with E-state index in [1.807, 2.05) is 0 Å². The number of nitrogens with zero attached hydrogens (tertiary/aromatic N) is 2. The Balaban J connectivity index is 1.90. The summed E-state index contributed by atoms with van der Waals surface area (Å²) in [6.45, 7) is 12.8. The van der Waals surface area contributed by atoms with Gasteiger partial charge in [0.25, 0.3) is 0 Å². The number of benzene rings is 1. The van der Waals surface area contributed by atoms with Crippen molar-refractivity contribution in [1.82, 2.24) is 10.2 Å². The Bertz CT molecular complexity index is 428. The summed E-state index contributed by atoms with van der Waals surface area (Å²) in [5.41, 5.74) is 4.12. The summed E-state index contributed by atoms with van der Waals surface area (Å²) < 4.78 is 5.05. The Morgan fingerprint density at radius 1 is 1.19 bits per heavy atom. The van der Waals surface area contributed by atoms with Crippen molar-refractivity contribution >= 4 is 5.69 Å². The number of piperazine rings is 1. The quantitative estimate of drug-likeness (QED) is 0.776. The van der Waals surface area contributed by atoms with Crippen LogP contribution in [0.1, 0.15) is 18.1 Å². The van der Waals surface area contributed by atoms with Crippen molar-refractivity contribution in [3.05, 3.63) is 29.3 Å². The van der Waals surface area contributed by atoms with E-state index in [9.17, 15) is 0 Å². The number of hydrogen-bond donors (Lipinski definition) is 1. The molecule has 1 saturated heterocycles. The molecule has 1 aliphatic rings. The average molecular weight is 291 g/mol. The summed E-state index contributed by atoms with van der Waals surface area (Å²) in [6.07, 6.45) is 0. The van der Waals surface area contributed by atoms with Gasteiger partial charge in [0.15, 0.2) is 0 Å². The van der Waals surface area contributed by atoms with Gasteiger partial charge in [0.2, 0.25) is 0 Å². The van der Waals surface area contributed by atoms with E-state index >= 15 is 0 Å². The van der Waals surface area contributed by atoms with Crippen LogP contribution in [0.25, 0.3) is 0 Å². The molecule has 4 nitrogen and oxygen atoms in total. The summed E-state index contributed by atoms with van der Waals surface area (Å²) in [5, 5.41) is 3.40. The van der Waals surface area contributed by atoms with Crippen LogP contribution in [-0.4, -0.2) is 57.9 Å². The highest BCUT2D eigenvalue weighted by molar-refractivity contribution is 5.54. The predicted molar refractivity (Wildman–Crippen MR) is 89.1 cm³/mol. The normalized spacial score (nSPS) is 16.4. The van der Waals surface area contributed by atoms with Gasteiger partial charge in [-0.05, 0) is 30.7 Å². The Labute approximate surface area is 129 Å². The van der Waals surface area contributed by atoms with Gasteiger partial charge in [0.05, 0.1) is 6.61 Å². The van der Waals surface area contributed by atoms with Crippen LogP contribution in [0.15, 0.2) is 18.2 Å². The van der Waals surface area contributed by atoms with E-state index in [0.717, 1.165) is 32.8 Å². The summed E-state index contributed by atoms with van der Waals surface area (Å²) >= 11 is 0. The van der Waals surface area contributed by atoms with Crippen LogP contribution in [0.3, 0.4) is 0 Å². The van der Waals surface area contributed by atoms with Gasteiger partial charge >= 0.3 is 0 Å². The number of likely N-dealkylation sites (N-methyl/N-ethyl adjacent to an activating group) is 1. The molecule has 0 radical (unpaired) electrons. The monoisotopic (exact) mass is 291 g/mol. The van der Waals surface area contributed by atoms with Gasteiger partial charge in [0, 0.05) is 52.1 Å². The number of nitrogens with one attached hydrogen (secondary N) is 1. The van der Waals surface area contributed by atoms with E-state index in [0.29, 0.717) is 0 Å². The molecule has 0 aromatic heterocycles. The van der Waals surface area contributed by atoms with Crippen molar-refractivity contribution in [3.8, 4) is 0 Å². The van der Waals surface area contributed by atoms with Crippen molar-refractivity contribution in [2.45, 2.75) is 20.4 Å². The average Bonchev–Trinajstić information content (AvgIpc) is 2.52. The highest BCUT2D eigenvalue weighted by Crippen LogP contribution is 2.22. The highest BCUT2D eigenvalue weighted by atomic mass is 16.5. The SMILES string of the molecule is CCN1CCN(c2ccc(CNCCOC)cc2C)CC1. The first-order chi connectivity index (χ1) is 10.2. The fourth-order valence-corrected chi connectivity index (χ4v) is 2.89. The van der Waals surface area contributed by atoms with Crippen LogP contribution in [0.2, 0.25) is 0 Å². The van der Waals surface area contributed by atoms with Gasteiger partial charge in [-0.25, -0.2) is 0 Å². The molecule has 0 aliphatic carbocycles. The van der Waals surface area contributed by atoms with E-state index in [2.05, 4.69) is 47.2 Å². The molecule has 0 saturated carbocycles. The molecule has 1 aromatic carbocycles. The molecule has 21 heavy (non-hydrogen) atoms. The molecule has 118 valence electrons. The largest absolute Gasteiger partial charge is 0.383 e. The van der Waals surface area contributed by atoms with Crippen molar-refractivity contribution in [2.24, 2.45) is 0 Å². The highest BCUT2D eigenvalue weighted by Gasteiger charge is 2.17. The minimum absolute atomic E-state index is 0.763. The lowest BCUT2D eigenvalue weighted by Gasteiger charge is -2.36. The van der Waals surface area contributed by atoms with E-state index < -0.39 is 0 Å². The first-order valence-corrected chi connectivity index (χ1v) is 8.01. The van der Waals surface area contributed by atoms with Crippen LogP contribution < -0.4 is 10.2 Å². The predicted octanol–water partition coefficient (Wildman–Crippen LogP) is 1.87. The molecule has 1 aliphatic heterocycles. The first kappa shape index (κ1) is 16.3. The minimum atomic E-state index is 0.763. The first-order valence-electron chi connectivity index (χ1n) is 8.01. The number of methoxy groups -OCH3 is 1. The molecule has 0 bridgehead atoms. The van der Waals surface area contributed by atoms with Gasteiger partial charge in [-0.1, -0.05) is 19.1 Å². The topological polar surface area (TPSA) is 27.7 Å². The molecule has 2 rings (SSSR count). The van der Waals surface area contributed by atoms with E-state index in [-0.39, 0.29) is 0 Å². The van der Waals surface area contributed by atoms with Crippen molar-refractivity contribution in [1.29, 1.82) is 0 Å². The lowest BCUT2D eigenvalue weighted by atomic mass is 10.1. The fraction of sp³-hybridized carbons (Fsp3) is 0.647. The van der Waals surface area contributed by atoms with E-state index in [4.69, 9.17) is 4.74 Å². The van der Waals surface area contributed by atoms with Gasteiger partial charge in [-0.2, -0.15) is 0 Å². The van der Waals surface area contributed by atoms with Crippen LogP contribution in [0.4, 0.5) is 5.69 Å². The lowest BCUT2D eigenvalue weighted by Crippen LogP contribution is -2.46. The molecular weight excluding hydrogens is 262 g/mol. The molecule has 4 heteroatoms. The zero-order valence-electron chi connectivity index (χ0n) is 13.7. The summed E-state index contributed by atoms with van der Waals surface area (Å²) in [7, 11) is 1.74. The molecule has 0 amide bonds.